The minimum atomic E-state index is -0.779. The number of hydrogen-bond donors (Lipinski definition) is 3. The minimum absolute atomic E-state index is 0.0674. The van der Waals surface area contributed by atoms with Crippen LogP contribution in [0, 0.1) is 0 Å². The van der Waals surface area contributed by atoms with Crippen molar-refractivity contribution >= 4 is 29.0 Å². The van der Waals surface area contributed by atoms with E-state index in [4.69, 9.17) is 11.6 Å². The van der Waals surface area contributed by atoms with Crippen LogP contribution < -0.4 is 10.6 Å². The summed E-state index contributed by atoms with van der Waals surface area (Å²) in [5.74, 6) is -0.436. The predicted octanol–water partition coefficient (Wildman–Crippen LogP) is 4.53. The molecular weight excluding hydrogens is 388 g/mol. The lowest BCUT2D eigenvalue weighted by Gasteiger charge is -2.20. The maximum Gasteiger partial charge on any atom is 0.248 e. The van der Waals surface area contributed by atoms with Crippen LogP contribution in [0.2, 0.25) is 5.02 Å². The van der Waals surface area contributed by atoms with Gasteiger partial charge >= 0.3 is 0 Å². The van der Waals surface area contributed by atoms with E-state index in [9.17, 15) is 14.7 Å². The summed E-state index contributed by atoms with van der Waals surface area (Å²) >= 11 is 5.89. The first-order valence-corrected chi connectivity index (χ1v) is 9.90. The number of Topliss-reactive ketones (excluding diaryl/α,β-unsaturated/α-hetero) is 1. The Bertz CT molecular complexity index is 874. The number of carbonyl (C=O) groups excluding carboxylic acids is 2. The molecule has 1 amide bonds. The summed E-state index contributed by atoms with van der Waals surface area (Å²) in [5.41, 5.74) is 2.94. The number of nitrogens with one attached hydrogen (secondary N) is 2. The van der Waals surface area contributed by atoms with Gasteiger partial charge in [-0.05, 0) is 43.7 Å². The molecule has 3 N–H and O–H groups in total. The van der Waals surface area contributed by atoms with Crippen molar-refractivity contribution in [1.82, 2.24) is 5.32 Å². The molecular formula is C23H27ClN2O3. The highest BCUT2D eigenvalue weighted by Crippen LogP contribution is 2.20. The average Bonchev–Trinajstić information content (AvgIpc) is 2.67. The summed E-state index contributed by atoms with van der Waals surface area (Å²) in [5, 5.41) is 16.7. The highest BCUT2D eigenvalue weighted by Gasteiger charge is 2.16. The van der Waals surface area contributed by atoms with Crippen LogP contribution in [0.4, 0.5) is 5.69 Å². The van der Waals surface area contributed by atoms with Gasteiger partial charge in [-0.3, -0.25) is 14.9 Å². The van der Waals surface area contributed by atoms with Crippen molar-refractivity contribution in [1.29, 1.82) is 0 Å². The monoisotopic (exact) mass is 414 g/mol. The van der Waals surface area contributed by atoms with Crippen molar-refractivity contribution in [3.8, 4) is 0 Å². The summed E-state index contributed by atoms with van der Waals surface area (Å²) in [6, 6.07) is 14.2. The Kier molecular flexibility index (Phi) is 8.58. The number of benzene rings is 2. The van der Waals surface area contributed by atoms with Crippen LogP contribution in [0.15, 0.2) is 60.2 Å². The first-order chi connectivity index (χ1) is 13.8. The van der Waals surface area contributed by atoms with E-state index in [0.717, 1.165) is 11.1 Å². The third kappa shape index (κ3) is 7.46. The molecule has 6 heteroatoms. The topological polar surface area (TPSA) is 78.4 Å². The maximum absolute atomic E-state index is 12.5. The summed E-state index contributed by atoms with van der Waals surface area (Å²) in [6.07, 6.45) is 0.955. The van der Waals surface area contributed by atoms with E-state index < -0.39 is 6.23 Å². The molecule has 154 valence electrons. The Morgan fingerprint density at radius 3 is 2.48 bits per heavy atom. The van der Waals surface area contributed by atoms with E-state index in [1.807, 2.05) is 32.9 Å². The smallest absolute Gasteiger partial charge is 0.248 e. The third-order valence-corrected chi connectivity index (χ3v) is 4.70. The van der Waals surface area contributed by atoms with E-state index in [1.165, 1.54) is 6.08 Å². The molecule has 29 heavy (non-hydrogen) atoms. The molecule has 0 aliphatic heterocycles. The van der Waals surface area contributed by atoms with E-state index in [2.05, 4.69) is 10.6 Å². The van der Waals surface area contributed by atoms with Gasteiger partial charge in [-0.2, -0.15) is 0 Å². The van der Waals surface area contributed by atoms with Gasteiger partial charge in [-0.1, -0.05) is 48.4 Å². The van der Waals surface area contributed by atoms with E-state index in [-0.39, 0.29) is 24.0 Å². The molecule has 2 atom stereocenters. The molecule has 0 aliphatic carbocycles. The van der Waals surface area contributed by atoms with Gasteiger partial charge < -0.3 is 10.4 Å². The lowest BCUT2D eigenvalue weighted by Crippen LogP contribution is -2.35. The number of aliphatic hydroxyl groups excluding tert-OH is 1. The molecule has 2 aromatic rings. The van der Waals surface area contributed by atoms with Gasteiger partial charge in [0.2, 0.25) is 5.91 Å². The average molecular weight is 415 g/mol. The van der Waals surface area contributed by atoms with Crippen LogP contribution in [0.5, 0.6) is 0 Å². The van der Waals surface area contributed by atoms with Crippen molar-refractivity contribution in [2.75, 3.05) is 11.9 Å². The summed E-state index contributed by atoms with van der Waals surface area (Å²) in [7, 11) is 0. The second-order valence-electron chi connectivity index (χ2n) is 7.20. The Morgan fingerprint density at radius 2 is 1.83 bits per heavy atom. The van der Waals surface area contributed by atoms with E-state index in [0.29, 0.717) is 22.8 Å². The molecule has 0 aromatic heterocycles. The molecule has 2 unspecified atom stereocenters. The molecule has 2 aromatic carbocycles. The maximum atomic E-state index is 12.5. The van der Waals surface area contributed by atoms with Crippen LogP contribution in [0.25, 0.3) is 0 Å². The van der Waals surface area contributed by atoms with Crippen molar-refractivity contribution < 1.29 is 14.7 Å². The number of allylic oxidation sites excluding steroid dienone is 1. The first-order valence-electron chi connectivity index (χ1n) is 9.52. The molecule has 0 saturated heterocycles. The second kappa shape index (κ2) is 10.9. The van der Waals surface area contributed by atoms with Crippen LogP contribution in [-0.2, 0) is 4.79 Å². The number of amides is 1. The summed E-state index contributed by atoms with van der Waals surface area (Å²) in [4.78, 5) is 24.3. The van der Waals surface area contributed by atoms with E-state index in [1.54, 1.807) is 36.4 Å². The highest BCUT2D eigenvalue weighted by molar-refractivity contribution is 6.30. The number of ketones is 1. The molecule has 0 heterocycles. The van der Waals surface area contributed by atoms with Crippen LogP contribution >= 0.6 is 11.6 Å². The zero-order chi connectivity index (χ0) is 21.4. The Labute approximate surface area is 176 Å². The molecule has 0 radical (unpaired) electrons. The Hall–Kier alpha value is -2.47. The lowest BCUT2D eigenvalue weighted by atomic mass is 9.99. The molecule has 0 aliphatic rings. The second-order valence-corrected chi connectivity index (χ2v) is 7.64. The van der Waals surface area contributed by atoms with Gasteiger partial charge in [-0.15, -0.1) is 0 Å². The number of rotatable bonds is 9. The van der Waals surface area contributed by atoms with Crippen LogP contribution in [0.3, 0.4) is 0 Å². The fourth-order valence-corrected chi connectivity index (χ4v) is 2.94. The van der Waals surface area contributed by atoms with Crippen molar-refractivity contribution in [3.63, 3.8) is 0 Å². The molecule has 0 fully saturated rings. The SMILES string of the molecule is CC(C)=CC(=O)Nc1cccc(C(=O)CCNC(O)C(C)c2ccc(Cl)cc2)c1. The van der Waals surface area contributed by atoms with Gasteiger partial charge in [-0.25, -0.2) is 0 Å². The zero-order valence-corrected chi connectivity index (χ0v) is 17.7. The van der Waals surface area contributed by atoms with Crippen molar-refractivity contribution in [3.05, 3.63) is 76.3 Å². The molecule has 0 spiro atoms. The van der Waals surface area contributed by atoms with Crippen molar-refractivity contribution in [2.24, 2.45) is 0 Å². The Morgan fingerprint density at radius 1 is 1.14 bits per heavy atom. The standard InChI is InChI=1S/C23H27ClN2O3/c1-15(2)13-22(28)26-20-6-4-5-18(14-20)21(27)11-12-25-23(29)16(3)17-7-9-19(24)10-8-17/h4-10,13-14,16,23,25,29H,11-12H2,1-3H3,(H,26,28). The number of anilines is 1. The number of aliphatic hydroxyl groups is 1. The number of hydrogen-bond acceptors (Lipinski definition) is 4. The summed E-state index contributed by atoms with van der Waals surface area (Å²) in [6.45, 7) is 5.93. The normalized spacial score (nSPS) is 12.7. The third-order valence-electron chi connectivity index (χ3n) is 4.45. The van der Waals surface area contributed by atoms with Crippen molar-refractivity contribution in [2.45, 2.75) is 39.3 Å². The lowest BCUT2D eigenvalue weighted by molar-refractivity contribution is -0.111. The molecule has 0 bridgehead atoms. The quantitative estimate of drug-likeness (QED) is 0.320. The zero-order valence-electron chi connectivity index (χ0n) is 16.9. The minimum Gasteiger partial charge on any atom is -0.378 e. The van der Waals surface area contributed by atoms with Gasteiger partial charge in [0.25, 0.3) is 0 Å². The Balaban J connectivity index is 1.87. The number of halogens is 1. The molecule has 5 nitrogen and oxygen atoms in total. The largest absolute Gasteiger partial charge is 0.378 e. The molecule has 0 saturated carbocycles. The predicted molar refractivity (Wildman–Crippen MR) is 117 cm³/mol. The first kappa shape index (κ1) is 22.8. The fraction of sp³-hybridized carbons (Fsp3) is 0.304. The highest BCUT2D eigenvalue weighted by atomic mass is 35.5. The van der Waals surface area contributed by atoms with Crippen LogP contribution in [0.1, 0.15) is 49.0 Å². The van der Waals surface area contributed by atoms with Gasteiger partial charge in [0.15, 0.2) is 5.78 Å². The molecule has 2 rings (SSSR count). The van der Waals surface area contributed by atoms with Gasteiger partial charge in [0, 0.05) is 41.2 Å². The fourth-order valence-electron chi connectivity index (χ4n) is 2.81. The van der Waals surface area contributed by atoms with Gasteiger partial charge in [0.1, 0.15) is 6.23 Å². The van der Waals surface area contributed by atoms with Gasteiger partial charge in [0.05, 0.1) is 0 Å². The van der Waals surface area contributed by atoms with E-state index >= 15 is 0 Å². The van der Waals surface area contributed by atoms with Crippen LogP contribution in [-0.4, -0.2) is 29.6 Å². The number of carbonyl (C=O) groups is 2. The summed E-state index contributed by atoms with van der Waals surface area (Å²) < 4.78 is 0.